The van der Waals surface area contributed by atoms with E-state index in [1.165, 1.54) is 0 Å². The molecule has 0 aliphatic carbocycles. The number of carbonyl (C=O) groups is 1. The van der Waals surface area contributed by atoms with Gasteiger partial charge in [0.2, 0.25) is 0 Å². The molecule has 0 aromatic carbocycles. The largest absolute Gasteiger partial charge is 0.455 e. The minimum Gasteiger partial charge on any atom is -0.455 e. The van der Waals surface area contributed by atoms with Crippen molar-refractivity contribution in [1.29, 1.82) is 0 Å². The van der Waals surface area contributed by atoms with E-state index in [0.717, 1.165) is 0 Å². The van der Waals surface area contributed by atoms with Crippen LogP contribution in [0.15, 0.2) is 18.3 Å². The third-order valence-corrected chi connectivity index (χ3v) is 2.34. The number of aromatic amines is 1. The van der Waals surface area contributed by atoms with Gasteiger partial charge in [0.05, 0.1) is 11.3 Å². The number of H-pyrrole nitrogens is 1. The Balaban J connectivity index is 2.32. The van der Waals surface area contributed by atoms with E-state index in [-0.39, 0.29) is 10.8 Å². The molecular formula is C12H13ClN4O2. The molecule has 2 aromatic heterocycles. The highest BCUT2D eigenvalue weighted by Gasteiger charge is 2.23. The molecule has 2 rings (SSSR count). The van der Waals surface area contributed by atoms with E-state index in [0.29, 0.717) is 11.3 Å². The van der Waals surface area contributed by atoms with Crippen molar-refractivity contribution in [2.45, 2.75) is 26.4 Å². The Morgan fingerprint density at radius 2 is 2.05 bits per heavy atom. The average molecular weight is 281 g/mol. The fourth-order valence-corrected chi connectivity index (χ4v) is 1.53. The van der Waals surface area contributed by atoms with E-state index >= 15 is 0 Å². The number of nitrogens with one attached hydrogen (secondary N) is 1. The quantitative estimate of drug-likeness (QED) is 0.855. The van der Waals surface area contributed by atoms with Gasteiger partial charge in [-0.3, -0.25) is 5.10 Å². The van der Waals surface area contributed by atoms with Gasteiger partial charge in [-0.2, -0.15) is 5.10 Å². The van der Waals surface area contributed by atoms with E-state index in [9.17, 15) is 4.79 Å². The Morgan fingerprint density at radius 3 is 2.63 bits per heavy atom. The second kappa shape index (κ2) is 4.97. The van der Waals surface area contributed by atoms with Crippen LogP contribution < -0.4 is 0 Å². The summed E-state index contributed by atoms with van der Waals surface area (Å²) in [4.78, 5) is 12.0. The maximum atomic E-state index is 12.0. The normalized spacial score (nSPS) is 11.4. The Hall–Kier alpha value is -1.95. The van der Waals surface area contributed by atoms with Gasteiger partial charge < -0.3 is 4.74 Å². The Labute approximate surface area is 115 Å². The highest BCUT2D eigenvalue weighted by molar-refractivity contribution is 6.29. The lowest BCUT2D eigenvalue weighted by molar-refractivity contribution is 0.00637. The summed E-state index contributed by atoms with van der Waals surface area (Å²) in [7, 11) is 0. The van der Waals surface area contributed by atoms with Crippen LogP contribution in [0.2, 0.25) is 5.15 Å². The van der Waals surface area contributed by atoms with Crippen LogP contribution in [-0.2, 0) is 4.74 Å². The number of rotatable bonds is 2. The fourth-order valence-electron chi connectivity index (χ4n) is 1.43. The summed E-state index contributed by atoms with van der Waals surface area (Å²) in [5.41, 5.74) is 0.614. The van der Waals surface area contributed by atoms with Gasteiger partial charge in [-0.1, -0.05) is 11.6 Å². The Bertz CT molecular complexity index is 587. The number of aromatic nitrogens is 4. The molecule has 7 heteroatoms. The molecule has 2 aromatic rings. The third-order valence-electron chi connectivity index (χ3n) is 2.14. The summed E-state index contributed by atoms with van der Waals surface area (Å²) in [6.07, 6.45) is 1.57. The van der Waals surface area contributed by atoms with Crippen molar-refractivity contribution < 1.29 is 9.53 Å². The van der Waals surface area contributed by atoms with Gasteiger partial charge >= 0.3 is 5.97 Å². The van der Waals surface area contributed by atoms with E-state index in [1.54, 1.807) is 39.1 Å². The zero-order valence-corrected chi connectivity index (χ0v) is 11.5. The molecule has 19 heavy (non-hydrogen) atoms. The molecular weight excluding hydrogens is 268 g/mol. The van der Waals surface area contributed by atoms with Crippen molar-refractivity contribution in [3.05, 3.63) is 29.2 Å². The van der Waals surface area contributed by atoms with Crippen LogP contribution in [0.3, 0.4) is 0 Å². The second-order valence-electron chi connectivity index (χ2n) is 4.89. The molecule has 0 atom stereocenters. The van der Waals surface area contributed by atoms with Crippen molar-refractivity contribution in [3.63, 3.8) is 0 Å². The summed E-state index contributed by atoms with van der Waals surface area (Å²) in [5.74, 6) is -0.513. The smallest absolute Gasteiger partial charge is 0.360 e. The number of hydrogen-bond donors (Lipinski definition) is 1. The first-order valence-corrected chi connectivity index (χ1v) is 6.01. The van der Waals surface area contributed by atoms with Crippen molar-refractivity contribution >= 4 is 17.6 Å². The molecule has 0 fully saturated rings. The summed E-state index contributed by atoms with van der Waals surface area (Å²) in [6, 6.07) is 3.25. The van der Waals surface area contributed by atoms with Crippen molar-refractivity contribution in [2.24, 2.45) is 0 Å². The lowest BCUT2D eigenvalue weighted by Crippen LogP contribution is -2.24. The number of halogens is 1. The summed E-state index contributed by atoms with van der Waals surface area (Å²) in [6.45, 7) is 5.37. The fraction of sp³-hybridized carbons (Fsp3) is 0.333. The highest BCUT2D eigenvalue weighted by atomic mass is 35.5. The van der Waals surface area contributed by atoms with Gasteiger partial charge in [0.25, 0.3) is 0 Å². The lowest BCUT2D eigenvalue weighted by Gasteiger charge is -2.18. The number of nitrogens with zero attached hydrogens (tertiary/aromatic N) is 3. The number of ether oxygens (including phenoxy) is 1. The van der Waals surface area contributed by atoms with Gasteiger partial charge in [0.15, 0.2) is 10.8 Å². The van der Waals surface area contributed by atoms with Crippen LogP contribution >= 0.6 is 11.6 Å². The first-order valence-electron chi connectivity index (χ1n) is 5.63. The maximum Gasteiger partial charge on any atom is 0.360 e. The lowest BCUT2D eigenvalue weighted by atomic mass is 10.1. The van der Waals surface area contributed by atoms with Crippen molar-refractivity contribution in [3.8, 4) is 11.3 Å². The van der Waals surface area contributed by atoms with Gasteiger partial charge in [0.1, 0.15) is 5.60 Å². The Kier molecular flexibility index (Phi) is 3.53. The predicted octanol–water partition coefficient (Wildman–Crippen LogP) is 2.48. The van der Waals surface area contributed by atoms with Crippen LogP contribution in [-0.4, -0.2) is 32.0 Å². The number of esters is 1. The number of hydrogen-bond acceptors (Lipinski definition) is 5. The molecule has 100 valence electrons. The van der Waals surface area contributed by atoms with Crippen LogP contribution in [0.4, 0.5) is 0 Å². The predicted molar refractivity (Wildman–Crippen MR) is 69.8 cm³/mol. The van der Waals surface area contributed by atoms with E-state index in [4.69, 9.17) is 16.3 Å². The number of carbonyl (C=O) groups excluding carboxylic acids is 1. The minimum absolute atomic E-state index is 0.173. The molecule has 2 heterocycles. The topological polar surface area (TPSA) is 80.8 Å². The van der Waals surface area contributed by atoms with Crippen molar-refractivity contribution in [2.75, 3.05) is 0 Å². The summed E-state index contributed by atoms with van der Waals surface area (Å²) < 4.78 is 5.27. The van der Waals surface area contributed by atoms with E-state index in [2.05, 4.69) is 20.4 Å². The average Bonchev–Trinajstić information content (AvgIpc) is 2.76. The van der Waals surface area contributed by atoms with Gasteiger partial charge in [-0.25, -0.2) is 4.79 Å². The Morgan fingerprint density at radius 1 is 1.32 bits per heavy atom. The van der Waals surface area contributed by atoms with Crippen LogP contribution in [0.1, 0.15) is 31.3 Å². The summed E-state index contributed by atoms with van der Waals surface area (Å²) >= 11 is 5.67. The third kappa shape index (κ3) is 3.29. The van der Waals surface area contributed by atoms with E-state index in [1.807, 2.05) is 0 Å². The molecule has 0 bridgehead atoms. The maximum absolute atomic E-state index is 12.0. The molecule has 0 radical (unpaired) electrons. The highest BCUT2D eigenvalue weighted by Crippen LogP contribution is 2.22. The van der Waals surface area contributed by atoms with Crippen LogP contribution in [0.25, 0.3) is 11.3 Å². The molecule has 0 saturated carbocycles. The van der Waals surface area contributed by atoms with Crippen LogP contribution in [0.5, 0.6) is 0 Å². The molecule has 0 spiro atoms. The first-order chi connectivity index (χ1) is 8.87. The SMILES string of the molecule is CC(C)(C)OC(=O)c1n[nH]cc1-c1ccc(Cl)nn1. The molecule has 1 N–H and O–H groups in total. The van der Waals surface area contributed by atoms with Gasteiger partial charge in [-0.05, 0) is 32.9 Å². The molecule has 0 aliphatic heterocycles. The molecule has 0 unspecified atom stereocenters. The van der Waals surface area contributed by atoms with Gasteiger partial charge in [0, 0.05) is 6.20 Å². The van der Waals surface area contributed by atoms with E-state index < -0.39 is 11.6 Å². The summed E-state index contributed by atoms with van der Waals surface area (Å²) in [5, 5.41) is 14.5. The monoisotopic (exact) mass is 280 g/mol. The zero-order valence-electron chi connectivity index (χ0n) is 10.8. The standard InChI is InChI=1S/C12H13ClN4O2/c1-12(2,3)19-11(18)10-7(6-14-17-10)8-4-5-9(13)16-15-8/h4-6H,1-3H3,(H,14,17). The molecule has 0 amide bonds. The van der Waals surface area contributed by atoms with Crippen LogP contribution in [0, 0.1) is 0 Å². The second-order valence-corrected chi connectivity index (χ2v) is 5.28. The first kappa shape index (κ1) is 13.5. The minimum atomic E-state index is -0.584. The van der Waals surface area contributed by atoms with Crippen molar-refractivity contribution in [1.82, 2.24) is 20.4 Å². The molecule has 0 aliphatic rings. The zero-order chi connectivity index (χ0) is 14.0. The molecule has 6 nitrogen and oxygen atoms in total. The molecule has 0 saturated heterocycles. The van der Waals surface area contributed by atoms with Gasteiger partial charge in [-0.15, -0.1) is 10.2 Å².